The number of ketones is 2. The summed E-state index contributed by atoms with van der Waals surface area (Å²) in [5.41, 5.74) is 4.63. The average Bonchev–Trinajstić information content (AvgIpc) is 3.01. The lowest BCUT2D eigenvalue weighted by Crippen LogP contribution is -2.11. The zero-order valence-electron chi connectivity index (χ0n) is 25.5. The highest BCUT2D eigenvalue weighted by atomic mass is 16.5. The predicted molar refractivity (Wildman–Crippen MR) is 172 cm³/mol. The Morgan fingerprint density at radius 2 is 1.10 bits per heavy atom. The van der Waals surface area contributed by atoms with Gasteiger partial charge in [0.1, 0.15) is 5.75 Å². The largest absolute Gasteiger partial charge is 0.493 e. The molecule has 0 amide bonds. The third-order valence-electron chi connectivity index (χ3n) is 7.83. The van der Waals surface area contributed by atoms with Crippen LogP contribution in [0.5, 0.6) is 5.75 Å². The molecule has 0 saturated heterocycles. The fourth-order valence-corrected chi connectivity index (χ4v) is 5.23. The number of rotatable bonds is 21. The van der Waals surface area contributed by atoms with Crippen molar-refractivity contribution >= 4 is 11.6 Å². The molecule has 0 radical (unpaired) electrons. The molecular formula is C38H50O3. The lowest BCUT2D eigenvalue weighted by molar-refractivity contribution is 0.0892. The normalized spacial score (nSPS) is 11.0. The SMILES string of the molecule is CCCCCCCCCCCCc1ccc(-c2ccc(C(=O)CC(=O)c3ccccc3OCCCCC)cc2)cc1. The Morgan fingerprint density at radius 3 is 1.73 bits per heavy atom. The molecule has 0 N–H and O–H groups in total. The number of ether oxygens (including phenoxy) is 1. The Labute approximate surface area is 248 Å². The molecule has 3 rings (SSSR count). The van der Waals surface area contributed by atoms with Crippen LogP contribution in [0.4, 0.5) is 0 Å². The van der Waals surface area contributed by atoms with Gasteiger partial charge in [-0.05, 0) is 48.1 Å². The van der Waals surface area contributed by atoms with Crippen molar-refractivity contribution in [3.05, 3.63) is 89.5 Å². The number of carbonyl (C=O) groups excluding carboxylic acids is 2. The summed E-state index contributed by atoms with van der Waals surface area (Å²) in [6.07, 6.45) is 17.7. The number of Topliss-reactive ketones (excluding diaryl/α,β-unsaturated/α-hetero) is 2. The van der Waals surface area contributed by atoms with Crippen LogP contribution in [0.2, 0.25) is 0 Å². The second-order valence-corrected chi connectivity index (χ2v) is 11.3. The number of carbonyl (C=O) groups is 2. The predicted octanol–water partition coefficient (Wildman–Crippen LogP) is 10.8. The summed E-state index contributed by atoms with van der Waals surface area (Å²) in [5.74, 6) is 0.186. The molecule has 220 valence electrons. The first-order chi connectivity index (χ1) is 20.1. The summed E-state index contributed by atoms with van der Waals surface area (Å²) in [7, 11) is 0. The monoisotopic (exact) mass is 554 g/mol. The molecule has 41 heavy (non-hydrogen) atoms. The molecule has 3 heteroatoms. The topological polar surface area (TPSA) is 43.4 Å². The van der Waals surface area contributed by atoms with Gasteiger partial charge in [0.15, 0.2) is 11.6 Å². The van der Waals surface area contributed by atoms with Crippen LogP contribution in [0.3, 0.4) is 0 Å². The van der Waals surface area contributed by atoms with Gasteiger partial charge in [-0.2, -0.15) is 0 Å². The number of hydrogen-bond donors (Lipinski definition) is 0. The first kappa shape index (κ1) is 32.3. The molecule has 0 unspecified atom stereocenters. The van der Waals surface area contributed by atoms with Gasteiger partial charge < -0.3 is 4.74 Å². The van der Waals surface area contributed by atoms with Crippen LogP contribution in [0.15, 0.2) is 72.8 Å². The minimum atomic E-state index is -0.205. The van der Waals surface area contributed by atoms with Crippen molar-refractivity contribution in [3.8, 4) is 16.9 Å². The molecule has 0 aliphatic rings. The Kier molecular flexibility index (Phi) is 15.0. The third-order valence-corrected chi connectivity index (χ3v) is 7.83. The van der Waals surface area contributed by atoms with E-state index in [1.54, 1.807) is 12.1 Å². The van der Waals surface area contributed by atoms with Crippen LogP contribution >= 0.6 is 0 Å². The van der Waals surface area contributed by atoms with E-state index in [1.807, 2.05) is 36.4 Å². The molecule has 0 saturated carbocycles. The molecule has 0 spiro atoms. The zero-order valence-corrected chi connectivity index (χ0v) is 25.5. The summed E-state index contributed by atoms with van der Waals surface area (Å²) in [6, 6.07) is 23.6. The summed E-state index contributed by atoms with van der Waals surface area (Å²) >= 11 is 0. The van der Waals surface area contributed by atoms with E-state index in [-0.39, 0.29) is 18.0 Å². The van der Waals surface area contributed by atoms with Gasteiger partial charge in [-0.25, -0.2) is 0 Å². The minimum absolute atomic E-state index is 0.164. The molecule has 3 aromatic rings. The van der Waals surface area contributed by atoms with Gasteiger partial charge in [0.25, 0.3) is 0 Å². The first-order valence-corrected chi connectivity index (χ1v) is 16.1. The molecule has 3 aromatic carbocycles. The highest BCUT2D eigenvalue weighted by Gasteiger charge is 2.17. The van der Waals surface area contributed by atoms with Crippen molar-refractivity contribution in [2.75, 3.05) is 6.61 Å². The van der Waals surface area contributed by atoms with Gasteiger partial charge in [-0.15, -0.1) is 0 Å². The molecule has 3 nitrogen and oxygen atoms in total. The molecule has 0 aliphatic carbocycles. The molecule has 0 fully saturated rings. The lowest BCUT2D eigenvalue weighted by Gasteiger charge is -2.10. The summed E-state index contributed by atoms with van der Waals surface area (Å²) in [5, 5.41) is 0. The van der Waals surface area contributed by atoms with Crippen molar-refractivity contribution < 1.29 is 14.3 Å². The maximum absolute atomic E-state index is 12.9. The average molecular weight is 555 g/mol. The van der Waals surface area contributed by atoms with E-state index >= 15 is 0 Å². The Bertz CT molecular complexity index is 1160. The zero-order chi connectivity index (χ0) is 29.1. The van der Waals surface area contributed by atoms with Gasteiger partial charge in [0.2, 0.25) is 0 Å². The Balaban J connectivity index is 1.43. The van der Waals surface area contributed by atoms with Crippen molar-refractivity contribution in [2.24, 2.45) is 0 Å². The van der Waals surface area contributed by atoms with E-state index in [9.17, 15) is 9.59 Å². The van der Waals surface area contributed by atoms with E-state index in [0.29, 0.717) is 23.5 Å². The molecular weight excluding hydrogens is 504 g/mol. The third kappa shape index (κ3) is 11.7. The van der Waals surface area contributed by atoms with Gasteiger partial charge in [0.05, 0.1) is 18.6 Å². The quantitative estimate of drug-likeness (QED) is 0.0747. The second-order valence-electron chi connectivity index (χ2n) is 11.3. The molecule has 0 aliphatic heterocycles. The number of unbranched alkanes of at least 4 members (excludes halogenated alkanes) is 11. The highest BCUT2D eigenvalue weighted by molar-refractivity contribution is 6.14. The van der Waals surface area contributed by atoms with E-state index < -0.39 is 0 Å². The van der Waals surface area contributed by atoms with Crippen LogP contribution in [0.1, 0.15) is 130 Å². The summed E-state index contributed by atoms with van der Waals surface area (Å²) in [4.78, 5) is 25.8. The fraction of sp³-hybridized carbons (Fsp3) is 0.474. The van der Waals surface area contributed by atoms with Crippen LogP contribution in [-0.2, 0) is 6.42 Å². The smallest absolute Gasteiger partial charge is 0.174 e. The van der Waals surface area contributed by atoms with Crippen molar-refractivity contribution in [1.29, 1.82) is 0 Å². The summed E-state index contributed by atoms with van der Waals surface area (Å²) < 4.78 is 5.84. The molecule has 0 atom stereocenters. The molecule has 0 aromatic heterocycles. The number of para-hydroxylation sites is 1. The van der Waals surface area contributed by atoms with Crippen LogP contribution in [0, 0.1) is 0 Å². The Hall–Kier alpha value is -3.20. The maximum atomic E-state index is 12.9. The minimum Gasteiger partial charge on any atom is -0.493 e. The fourth-order valence-electron chi connectivity index (χ4n) is 5.23. The first-order valence-electron chi connectivity index (χ1n) is 16.1. The number of aryl methyl sites for hydroxylation is 1. The van der Waals surface area contributed by atoms with Crippen molar-refractivity contribution in [1.82, 2.24) is 0 Å². The van der Waals surface area contributed by atoms with Crippen molar-refractivity contribution in [3.63, 3.8) is 0 Å². The van der Waals surface area contributed by atoms with Gasteiger partial charge >= 0.3 is 0 Å². The van der Waals surface area contributed by atoms with E-state index in [4.69, 9.17) is 4.74 Å². The molecule has 0 bridgehead atoms. The number of benzene rings is 3. The molecule has 0 heterocycles. The second kappa shape index (κ2) is 19.0. The van der Waals surface area contributed by atoms with Crippen LogP contribution in [0.25, 0.3) is 11.1 Å². The maximum Gasteiger partial charge on any atom is 0.174 e. The standard InChI is InChI=1S/C38H50O3/c1-3-5-7-8-9-10-11-12-13-14-18-31-21-23-32(24-22-31)33-25-27-34(28-26-33)36(39)30-37(40)35-19-15-16-20-38(35)41-29-17-6-4-2/h15-16,19-28H,3-14,17-18,29-30H2,1-2H3. The van der Waals surface area contributed by atoms with Crippen LogP contribution < -0.4 is 4.74 Å². The summed E-state index contributed by atoms with van der Waals surface area (Å²) in [6.45, 7) is 4.99. The van der Waals surface area contributed by atoms with E-state index in [1.165, 1.54) is 69.8 Å². The van der Waals surface area contributed by atoms with Crippen molar-refractivity contribution in [2.45, 2.75) is 110 Å². The van der Waals surface area contributed by atoms with E-state index in [0.717, 1.165) is 36.8 Å². The van der Waals surface area contributed by atoms with Crippen LogP contribution in [-0.4, -0.2) is 18.2 Å². The van der Waals surface area contributed by atoms with E-state index in [2.05, 4.69) is 38.1 Å². The Morgan fingerprint density at radius 1 is 0.561 bits per heavy atom. The van der Waals surface area contributed by atoms with Gasteiger partial charge in [-0.1, -0.05) is 145 Å². The highest BCUT2D eigenvalue weighted by Crippen LogP contribution is 2.24. The van der Waals surface area contributed by atoms with Gasteiger partial charge in [0, 0.05) is 5.56 Å². The number of hydrogen-bond acceptors (Lipinski definition) is 3. The van der Waals surface area contributed by atoms with Gasteiger partial charge in [-0.3, -0.25) is 9.59 Å². The lowest BCUT2D eigenvalue weighted by atomic mass is 9.97.